The van der Waals surface area contributed by atoms with Gasteiger partial charge < -0.3 is 4.74 Å². The maximum Gasteiger partial charge on any atom is 0.337 e. The summed E-state index contributed by atoms with van der Waals surface area (Å²) in [6.45, 7) is 2.25. The van der Waals surface area contributed by atoms with Crippen LogP contribution >= 0.6 is 11.3 Å². The predicted molar refractivity (Wildman–Crippen MR) is 111 cm³/mol. The Morgan fingerprint density at radius 2 is 1.83 bits per heavy atom. The van der Waals surface area contributed by atoms with Crippen LogP contribution in [0.4, 0.5) is 4.39 Å². The predicted octanol–water partition coefficient (Wildman–Crippen LogP) is 4.41. The summed E-state index contributed by atoms with van der Waals surface area (Å²) in [5.41, 5.74) is 2.73. The number of thiophene rings is 1. The molecule has 0 spiro atoms. The first-order valence-corrected chi connectivity index (χ1v) is 9.71. The molecule has 4 rings (SSSR count). The van der Waals surface area contributed by atoms with Crippen molar-refractivity contribution < 1.29 is 13.9 Å². The second-order valence-electron chi connectivity index (χ2n) is 6.59. The molecule has 0 fully saturated rings. The smallest absolute Gasteiger partial charge is 0.337 e. The Bertz CT molecular complexity index is 1260. The van der Waals surface area contributed by atoms with E-state index in [-0.39, 0.29) is 11.4 Å². The summed E-state index contributed by atoms with van der Waals surface area (Å²) in [5, 5.41) is 0.535. The molecule has 2 heterocycles. The number of rotatable bonds is 4. The lowest BCUT2D eigenvalue weighted by molar-refractivity contribution is 0.0600. The first-order chi connectivity index (χ1) is 14.0. The number of hydrogen-bond acceptors (Lipinski definition) is 5. The number of aryl methyl sites for hydroxylation is 1. The lowest BCUT2D eigenvalue weighted by atomic mass is 10.0. The van der Waals surface area contributed by atoms with Crippen molar-refractivity contribution >= 4 is 27.5 Å². The molecule has 0 radical (unpaired) electrons. The Labute approximate surface area is 170 Å². The van der Waals surface area contributed by atoms with Gasteiger partial charge in [-0.3, -0.25) is 9.36 Å². The normalized spacial score (nSPS) is 11.0. The van der Waals surface area contributed by atoms with E-state index in [1.165, 1.54) is 41.5 Å². The lowest BCUT2D eigenvalue weighted by Gasteiger charge is -2.08. The summed E-state index contributed by atoms with van der Waals surface area (Å²) in [6, 6.07) is 13.0. The van der Waals surface area contributed by atoms with Crippen LogP contribution in [0.2, 0.25) is 0 Å². The number of esters is 1. The molecule has 0 saturated heterocycles. The van der Waals surface area contributed by atoms with Gasteiger partial charge in [0, 0.05) is 10.4 Å². The number of fused-ring (bicyclic) bond motifs is 1. The molecule has 4 aromatic rings. The zero-order valence-corrected chi connectivity index (χ0v) is 16.6. The molecule has 0 aliphatic heterocycles. The molecule has 2 aromatic carbocycles. The minimum absolute atomic E-state index is 0.157. The molecular weight excluding hydrogens is 391 g/mol. The van der Waals surface area contributed by atoms with E-state index in [9.17, 15) is 14.0 Å². The summed E-state index contributed by atoms with van der Waals surface area (Å²) in [7, 11) is 1.33. The quantitative estimate of drug-likeness (QED) is 0.470. The molecule has 0 N–H and O–H groups in total. The average molecular weight is 408 g/mol. The molecule has 0 unspecified atom stereocenters. The number of hydrogen-bond donors (Lipinski definition) is 0. The Morgan fingerprint density at radius 1 is 1.14 bits per heavy atom. The fourth-order valence-electron chi connectivity index (χ4n) is 3.28. The van der Waals surface area contributed by atoms with Crippen LogP contribution in [-0.2, 0) is 11.3 Å². The third-order valence-electron chi connectivity index (χ3n) is 4.72. The van der Waals surface area contributed by atoms with Gasteiger partial charge in [0.1, 0.15) is 10.6 Å². The summed E-state index contributed by atoms with van der Waals surface area (Å²) < 4.78 is 19.6. The van der Waals surface area contributed by atoms with Gasteiger partial charge in [0.25, 0.3) is 5.56 Å². The molecule has 0 aliphatic carbocycles. The van der Waals surface area contributed by atoms with Gasteiger partial charge in [-0.15, -0.1) is 11.3 Å². The van der Waals surface area contributed by atoms with Crippen LogP contribution < -0.4 is 5.56 Å². The zero-order chi connectivity index (χ0) is 20.5. The molecule has 2 aromatic heterocycles. The highest BCUT2D eigenvalue weighted by molar-refractivity contribution is 7.19. The fraction of sp³-hybridized carbons (Fsp3) is 0.136. The summed E-state index contributed by atoms with van der Waals surface area (Å²) in [6.07, 6.45) is 1.53. The van der Waals surface area contributed by atoms with Gasteiger partial charge in [-0.2, -0.15) is 0 Å². The number of aromatic nitrogens is 2. The van der Waals surface area contributed by atoms with E-state index in [0.29, 0.717) is 22.3 Å². The van der Waals surface area contributed by atoms with Gasteiger partial charge in [0.2, 0.25) is 0 Å². The molecule has 146 valence electrons. The van der Waals surface area contributed by atoms with Crippen LogP contribution in [0.3, 0.4) is 0 Å². The molecular formula is C22H17FN2O3S. The average Bonchev–Trinajstić information content (AvgIpc) is 3.07. The largest absolute Gasteiger partial charge is 0.465 e. The van der Waals surface area contributed by atoms with E-state index in [4.69, 9.17) is 4.74 Å². The van der Waals surface area contributed by atoms with Crippen molar-refractivity contribution in [1.29, 1.82) is 0 Å². The third kappa shape index (κ3) is 3.56. The SMILES string of the molecule is COC(=O)c1ccc(Cn2cnc3sc(C)c(-c4ccc(F)cc4)c3c2=O)cc1. The second-order valence-corrected chi connectivity index (χ2v) is 7.79. The maximum atomic E-state index is 13.3. The zero-order valence-electron chi connectivity index (χ0n) is 15.8. The lowest BCUT2D eigenvalue weighted by Crippen LogP contribution is -2.21. The first kappa shape index (κ1) is 19.0. The third-order valence-corrected chi connectivity index (χ3v) is 5.73. The Hall–Kier alpha value is -3.32. The minimum atomic E-state index is -0.408. The van der Waals surface area contributed by atoms with Crippen LogP contribution in [0.15, 0.2) is 59.7 Å². The molecule has 29 heavy (non-hydrogen) atoms. The van der Waals surface area contributed by atoms with Gasteiger partial charge in [0.05, 0.1) is 30.9 Å². The van der Waals surface area contributed by atoms with E-state index in [2.05, 4.69) is 4.98 Å². The minimum Gasteiger partial charge on any atom is -0.465 e. The van der Waals surface area contributed by atoms with Crippen molar-refractivity contribution in [2.24, 2.45) is 0 Å². The van der Waals surface area contributed by atoms with Crippen LogP contribution in [0, 0.1) is 12.7 Å². The number of ether oxygens (including phenoxy) is 1. The Morgan fingerprint density at radius 3 is 2.48 bits per heavy atom. The van der Waals surface area contributed by atoms with Crippen LogP contribution in [-0.4, -0.2) is 22.6 Å². The summed E-state index contributed by atoms with van der Waals surface area (Å²) in [4.78, 5) is 30.8. The van der Waals surface area contributed by atoms with Crippen molar-refractivity contribution in [3.8, 4) is 11.1 Å². The number of halogens is 1. The van der Waals surface area contributed by atoms with E-state index >= 15 is 0 Å². The Balaban J connectivity index is 1.76. The maximum absolute atomic E-state index is 13.3. The van der Waals surface area contributed by atoms with E-state index < -0.39 is 5.97 Å². The fourth-order valence-corrected chi connectivity index (χ4v) is 4.28. The summed E-state index contributed by atoms with van der Waals surface area (Å²) in [5.74, 6) is -0.730. The standard InChI is InChI=1S/C22H17FN2O3S/c1-13-18(15-7-9-17(23)10-8-15)19-20(29-13)24-12-25(21(19)26)11-14-3-5-16(6-4-14)22(27)28-2/h3-10,12H,11H2,1-2H3. The van der Waals surface area contributed by atoms with Crippen molar-refractivity contribution in [3.05, 3.63) is 87.0 Å². The second kappa shape index (κ2) is 7.60. The molecule has 5 nitrogen and oxygen atoms in total. The molecule has 0 saturated carbocycles. The van der Waals surface area contributed by atoms with Crippen LogP contribution in [0.1, 0.15) is 20.8 Å². The van der Waals surface area contributed by atoms with Gasteiger partial charge in [0.15, 0.2) is 0 Å². The Kier molecular flexibility index (Phi) is 4.98. The number of nitrogens with zero attached hydrogens (tertiary/aromatic N) is 2. The first-order valence-electron chi connectivity index (χ1n) is 8.89. The van der Waals surface area contributed by atoms with Gasteiger partial charge >= 0.3 is 5.97 Å². The van der Waals surface area contributed by atoms with E-state index in [1.807, 2.05) is 6.92 Å². The van der Waals surface area contributed by atoms with Crippen molar-refractivity contribution in [2.45, 2.75) is 13.5 Å². The molecule has 0 aliphatic rings. The highest BCUT2D eigenvalue weighted by Gasteiger charge is 2.17. The summed E-state index contributed by atoms with van der Waals surface area (Å²) >= 11 is 1.45. The highest BCUT2D eigenvalue weighted by atomic mass is 32.1. The van der Waals surface area contributed by atoms with Crippen molar-refractivity contribution in [3.63, 3.8) is 0 Å². The topological polar surface area (TPSA) is 61.2 Å². The van der Waals surface area contributed by atoms with Crippen LogP contribution in [0.25, 0.3) is 21.3 Å². The van der Waals surface area contributed by atoms with Gasteiger partial charge in [-0.05, 0) is 42.3 Å². The van der Waals surface area contributed by atoms with E-state index in [0.717, 1.165) is 21.6 Å². The molecule has 0 amide bonds. The number of carbonyl (C=O) groups excluding carboxylic acids is 1. The molecule has 7 heteroatoms. The number of carbonyl (C=O) groups is 1. The van der Waals surface area contributed by atoms with E-state index in [1.54, 1.807) is 36.4 Å². The van der Waals surface area contributed by atoms with Crippen LogP contribution in [0.5, 0.6) is 0 Å². The highest BCUT2D eigenvalue weighted by Crippen LogP contribution is 2.35. The number of methoxy groups -OCH3 is 1. The van der Waals surface area contributed by atoms with Gasteiger partial charge in [-0.1, -0.05) is 24.3 Å². The van der Waals surface area contributed by atoms with Crippen molar-refractivity contribution in [2.75, 3.05) is 7.11 Å². The van der Waals surface area contributed by atoms with Gasteiger partial charge in [-0.25, -0.2) is 14.2 Å². The molecule has 0 atom stereocenters. The monoisotopic (exact) mass is 408 g/mol. The van der Waals surface area contributed by atoms with Crippen molar-refractivity contribution in [1.82, 2.24) is 9.55 Å². The molecule has 0 bridgehead atoms. The number of benzene rings is 2.